The van der Waals surface area contributed by atoms with Crippen molar-refractivity contribution >= 4 is 5.82 Å². The van der Waals surface area contributed by atoms with E-state index in [2.05, 4.69) is 10.3 Å². The van der Waals surface area contributed by atoms with E-state index >= 15 is 0 Å². The molecule has 5 heteroatoms. The van der Waals surface area contributed by atoms with Crippen LogP contribution in [0.1, 0.15) is 12.5 Å². The van der Waals surface area contributed by atoms with Crippen LogP contribution in [0.4, 0.5) is 5.82 Å². The lowest BCUT2D eigenvalue weighted by atomic mass is 10.2. The van der Waals surface area contributed by atoms with Crippen LogP contribution in [0.5, 0.6) is 0 Å². The molecule has 1 rings (SSSR count). The molecule has 1 aromatic rings. The van der Waals surface area contributed by atoms with E-state index < -0.39 is 6.10 Å². The Balaban J connectivity index is 2.62. The molecule has 0 saturated heterocycles. The van der Waals surface area contributed by atoms with Gasteiger partial charge in [0.25, 0.3) is 0 Å². The molecular formula is C10H14N4O. The topological polar surface area (TPSA) is 95.0 Å². The first-order valence-electron chi connectivity index (χ1n) is 4.67. The Hall–Kier alpha value is -1.64. The molecule has 0 radical (unpaired) electrons. The van der Waals surface area contributed by atoms with Crippen LogP contribution in [0, 0.1) is 11.3 Å². The number of nitrogens with two attached hydrogens (primary N) is 1. The maximum Gasteiger partial charge on any atom is 0.143 e. The first kappa shape index (κ1) is 11.4. The van der Waals surface area contributed by atoms with Gasteiger partial charge < -0.3 is 16.2 Å². The fourth-order valence-electron chi connectivity index (χ4n) is 1.02. The molecule has 4 N–H and O–H groups in total. The first-order valence-corrected chi connectivity index (χ1v) is 4.67. The zero-order valence-corrected chi connectivity index (χ0v) is 8.51. The normalized spacial score (nSPS) is 14.0. The SMILES string of the molecule is CC(O)C(N)CNc1ncccc1C#N. The Labute approximate surface area is 88.6 Å². The Kier molecular flexibility index (Phi) is 4.03. The first-order chi connectivity index (χ1) is 7.15. The molecule has 15 heavy (non-hydrogen) atoms. The zero-order valence-electron chi connectivity index (χ0n) is 8.51. The van der Waals surface area contributed by atoms with Crippen LogP contribution < -0.4 is 11.1 Å². The highest BCUT2D eigenvalue weighted by molar-refractivity contribution is 5.51. The largest absolute Gasteiger partial charge is 0.392 e. The molecule has 0 fully saturated rings. The van der Waals surface area contributed by atoms with Crippen LogP contribution in [0.3, 0.4) is 0 Å². The van der Waals surface area contributed by atoms with E-state index in [1.54, 1.807) is 25.3 Å². The van der Waals surface area contributed by atoms with Crippen LogP contribution in [0.2, 0.25) is 0 Å². The number of hydrogen-bond acceptors (Lipinski definition) is 5. The smallest absolute Gasteiger partial charge is 0.143 e. The molecule has 1 heterocycles. The van der Waals surface area contributed by atoms with Gasteiger partial charge in [0.2, 0.25) is 0 Å². The number of aliphatic hydroxyl groups excluding tert-OH is 1. The Morgan fingerprint density at radius 1 is 1.73 bits per heavy atom. The summed E-state index contributed by atoms with van der Waals surface area (Å²) in [6.07, 6.45) is 1.00. The van der Waals surface area contributed by atoms with Gasteiger partial charge >= 0.3 is 0 Å². The van der Waals surface area contributed by atoms with Crippen LogP contribution in [0.15, 0.2) is 18.3 Å². The van der Waals surface area contributed by atoms with Crippen LogP contribution >= 0.6 is 0 Å². The van der Waals surface area contributed by atoms with Crippen molar-refractivity contribution in [3.05, 3.63) is 23.9 Å². The molecular weight excluding hydrogens is 192 g/mol. The fourth-order valence-corrected chi connectivity index (χ4v) is 1.02. The van der Waals surface area contributed by atoms with E-state index in [9.17, 15) is 5.11 Å². The van der Waals surface area contributed by atoms with Gasteiger partial charge in [0.1, 0.15) is 11.9 Å². The summed E-state index contributed by atoms with van der Waals surface area (Å²) in [7, 11) is 0. The fraction of sp³-hybridized carbons (Fsp3) is 0.400. The van der Waals surface area contributed by atoms with E-state index in [1.807, 2.05) is 6.07 Å². The number of rotatable bonds is 4. The molecule has 0 bridgehead atoms. The minimum Gasteiger partial charge on any atom is -0.392 e. The van der Waals surface area contributed by atoms with Crippen molar-refractivity contribution in [2.75, 3.05) is 11.9 Å². The summed E-state index contributed by atoms with van der Waals surface area (Å²) < 4.78 is 0. The van der Waals surface area contributed by atoms with Crippen molar-refractivity contribution in [2.45, 2.75) is 19.1 Å². The maximum absolute atomic E-state index is 9.17. The summed E-state index contributed by atoms with van der Waals surface area (Å²) >= 11 is 0. The van der Waals surface area contributed by atoms with Gasteiger partial charge in [0.05, 0.1) is 11.7 Å². The molecule has 0 amide bonds. The van der Waals surface area contributed by atoms with E-state index in [0.29, 0.717) is 17.9 Å². The Morgan fingerprint density at radius 3 is 3.07 bits per heavy atom. The minimum atomic E-state index is -0.591. The van der Waals surface area contributed by atoms with Crippen molar-refractivity contribution in [3.8, 4) is 6.07 Å². The predicted octanol–water partition coefficient (Wildman–Crippen LogP) is 0.0733. The summed E-state index contributed by atoms with van der Waals surface area (Å²) in [5.41, 5.74) is 6.10. The number of anilines is 1. The van der Waals surface area contributed by atoms with Gasteiger partial charge in [-0.05, 0) is 19.1 Å². The summed E-state index contributed by atoms with van der Waals surface area (Å²) in [6, 6.07) is 5.01. The number of hydrogen-bond donors (Lipinski definition) is 3. The van der Waals surface area contributed by atoms with Gasteiger partial charge in [0, 0.05) is 18.8 Å². The monoisotopic (exact) mass is 206 g/mol. The maximum atomic E-state index is 9.17. The van der Waals surface area contributed by atoms with Gasteiger partial charge in [0.15, 0.2) is 0 Å². The van der Waals surface area contributed by atoms with E-state index in [1.165, 1.54) is 0 Å². The highest BCUT2D eigenvalue weighted by atomic mass is 16.3. The molecule has 0 aromatic carbocycles. The lowest BCUT2D eigenvalue weighted by Crippen LogP contribution is -2.38. The minimum absolute atomic E-state index is 0.376. The van der Waals surface area contributed by atoms with Gasteiger partial charge in [-0.25, -0.2) is 4.98 Å². The summed E-state index contributed by atoms with van der Waals surface area (Å²) in [5.74, 6) is 0.496. The van der Waals surface area contributed by atoms with E-state index in [0.717, 1.165) is 0 Å². The number of pyridine rings is 1. The molecule has 0 aliphatic carbocycles. The van der Waals surface area contributed by atoms with Crippen LogP contribution in [-0.2, 0) is 0 Å². The van der Waals surface area contributed by atoms with Crippen molar-refractivity contribution in [2.24, 2.45) is 5.73 Å². The highest BCUT2D eigenvalue weighted by Crippen LogP contribution is 2.09. The molecule has 2 atom stereocenters. The third kappa shape index (κ3) is 3.20. The van der Waals surface area contributed by atoms with Gasteiger partial charge in [-0.2, -0.15) is 5.26 Å². The number of aromatic nitrogens is 1. The van der Waals surface area contributed by atoms with Crippen molar-refractivity contribution in [1.82, 2.24) is 4.98 Å². The lowest BCUT2D eigenvalue weighted by Gasteiger charge is -2.15. The molecule has 80 valence electrons. The summed E-state index contributed by atoms with van der Waals surface area (Å²) in [4.78, 5) is 4.01. The molecule has 0 aliphatic rings. The molecule has 5 nitrogen and oxygen atoms in total. The third-order valence-corrected chi connectivity index (χ3v) is 2.05. The quantitative estimate of drug-likeness (QED) is 0.648. The highest BCUT2D eigenvalue weighted by Gasteiger charge is 2.10. The molecule has 2 unspecified atom stereocenters. The second-order valence-corrected chi connectivity index (χ2v) is 3.30. The van der Waals surface area contributed by atoms with Crippen molar-refractivity contribution in [1.29, 1.82) is 5.26 Å². The van der Waals surface area contributed by atoms with Crippen molar-refractivity contribution < 1.29 is 5.11 Å². The number of aliphatic hydroxyl groups is 1. The molecule has 0 saturated carbocycles. The average Bonchev–Trinajstić information content (AvgIpc) is 2.26. The molecule has 1 aromatic heterocycles. The number of nitrogens with zero attached hydrogens (tertiary/aromatic N) is 2. The standard InChI is InChI=1S/C10H14N4O/c1-7(15)9(12)6-14-10-8(5-11)3-2-4-13-10/h2-4,7,9,15H,6,12H2,1H3,(H,13,14). The van der Waals surface area contributed by atoms with Gasteiger partial charge in [-0.1, -0.05) is 0 Å². The molecule has 0 spiro atoms. The zero-order chi connectivity index (χ0) is 11.3. The third-order valence-electron chi connectivity index (χ3n) is 2.05. The summed E-state index contributed by atoms with van der Waals surface area (Å²) in [6.45, 7) is 2.00. The molecule has 0 aliphatic heterocycles. The number of nitriles is 1. The Morgan fingerprint density at radius 2 is 2.47 bits per heavy atom. The van der Waals surface area contributed by atoms with Gasteiger partial charge in [-0.3, -0.25) is 0 Å². The summed E-state index contributed by atoms with van der Waals surface area (Å²) in [5, 5.41) is 20.9. The predicted molar refractivity (Wildman–Crippen MR) is 57.1 cm³/mol. The van der Waals surface area contributed by atoms with E-state index in [4.69, 9.17) is 11.0 Å². The lowest BCUT2D eigenvalue weighted by molar-refractivity contribution is 0.168. The number of nitrogens with one attached hydrogen (secondary N) is 1. The van der Waals surface area contributed by atoms with Crippen LogP contribution in [0.25, 0.3) is 0 Å². The van der Waals surface area contributed by atoms with Gasteiger partial charge in [-0.15, -0.1) is 0 Å². The van der Waals surface area contributed by atoms with Crippen molar-refractivity contribution in [3.63, 3.8) is 0 Å². The Bertz CT molecular complexity index is 359. The average molecular weight is 206 g/mol. The van der Waals surface area contributed by atoms with E-state index in [-0.39, 0.29) is 6.04 Å². The second-order valence-electron chi connectivity index (χ2n) is 3.30. The second kappa shape index (κ2) is 5.29. The van der Waals surface area contributed by atoms with Crippen LogP contribution in [-0.4, -0.2) is 28.8 Å².